The van der Waals surface area contributed by atoms with E-state index in [1.54, 1.807) is 11.6 Å². The molecule has 2 heterocycles. The zero-order chi connectivity index (χ0) is 14.0. The number of hydrogen-bond acceptors (Lipinski definition) is 4. The van der Waals surface area contributed by atoms with E-state index in [0.717, 1.165) is 5.69 Å². The van der Waals surface area contributed by atoms with Gasteiger partial charge in [0.15, 0.2) is 0 Å². The molecular weight excluding hydrogens is 244 g/mol. The number of aromatic nitrogens is 5. The summed E-state index contributed by atoms with van der Waals surface area (Å²) in [7, 11) is 0. The number of aryl methyl sites for hydroxylation is 2. The summed E-state index contributed by atoms with van der Waals surface area (Å²) in [4.78, 5) is 16.2. The number of nitrogens with zero attached hydrogens (tertiary/aromatic N) is 4. The van der Waals surface area contributed by atoms with Crippen molar-refractivity contribution in [1.29, 1.82) is 0 Å². The van der Waals surface area contributed by atoms with E-state index >= 15 is 0 Å². The normalized spacial score (nSPS) is 11.0. The monoisotopic (exact) mass is 262 g/mol. The molecule has 0 spiro atoms. The van der Waals surface area contributed by atoms with Gasteiger partial charge in [-0.25, -0.2) is 0 Å². The van der Waals surface area contributed by atoms with E-state index in [1.165, 1.54) is 0 Å². The molecule has 1 amide bonds. The maximum atomic E-state index is 12.2. The Hall–Kier alpha value is -2.18. The fraction of sp³-hybridized carbons (Fsp3) is 0.500. The first-order chi connectivity index (χ1) is 9.01. The van der Waals surface area contributed by atoms with Crippen LogP contribution >= 0.6 is 0 Å². The quantitative estimate of drug-likeness (QED) is 0.877. The molecule has 2 N–H and O–H groups in total. The number of anilines is 1. The van der Waals surface area contributed by atoms with Gasteiger partial charge in [0.25, 0.3) is 5.91 Å². The molecule has 0 fully saturated rings. The highest BCUT2D eigenvalue weighted by molar-refractivity contribution is 6.02. The van der Waals surface area contributed by atoms with Crippen LogP contribution in [0.2, 0.25) is 0 Å². The van der Waals surface area contributed by atoms with Crippen molar-refractivity contribution in [2.24, 2.45) is 0 Å². The van der Waals surface area contributed by atoms with E-state index < -0.39 is 0 Å². The van der Waals surface area contributed by atoms with Crippen LogP contribution in [0.4, 0.5) is 5.95 Å². The molecule has 2 aromatic heterocycles. The predicted octanol–water partition coefficient (Wildman–Crippen LogP) is 1.71. The van der Waals surface area contributed by atoms with Gasteiger partial charge < -0.3 is 0 Å². The van der Waals surface area contributed by atoms with Gasteiger partial charge in [-0.1, -0.05) is 13.8 Å². The first-order valence-electron chi connectivity index (χ1n) is 6.29. The molecule has 0 atom stereocenters. The number of amides is 1. The van der Waals surface area contributed by atoms with Crippen molar-refractivity contribution in [3.8, 4) is 0 Å². The fourth-order valence-electron chi connectivity index (χ4n) is 1.71. The summed E-state index contributed by atoms with van der Waals surface area (Å²) in [5.74, 6) is 0.963. The van der Waals surface area contributed by atoms with E-state index in [9.17, 15) is 4.79 Å². The molecule has 0 aliphatic rings. The fourth-order valence-corrected chi connectivity index (χ4v) is 1.71. The minimum atomic E-state index is -0.250. The zero-order valence-electron chi connectivity index (χ0n) is 11.6. The molecule has 19 heavy (non-hydrogen) atoms. The van der Waals surface area contributed by atoms with Crippen molar-refractivity contribution in [3.05, 3.63) is 23.3 Å². The highest BCUT2D eigenvalue weighted by Crippen LogP contribution is 2.15. The lowest BCUT2D eigenvalue weighted by Gasteiger charge is -2.03. The topological polar surface area (TPSA) is 88.5 Å². The number of nitrogens with one attached hydrogen (secondary N) is 2. The van der Waals surface area contributed by atoms with Crippen LogP contribution in [0, 0.1) is 6.92 Å². The van der Waals surface area contributed by atoms with Gasteiger partial charge >= 0.3 is 0 Å². The largest absolute Gasteiger partial charge is 0.288 e. The zero-order valence-corrected chi connectivity index (χ0v) is 11.6. The number of carbonyl (C=O) groups is 1. The van der Waals surface area contributed by atoms with E-state index in [-0.39, 0.29) is 17.8 Å². The van der Waals surface area contributed by atoms with Gasteiger partial charge in [0.2, 0.25) is 5.95 Å². The summed E-state index contributed by atoms with van der Waals surface area (Å²) in [6.45, 7) is 8.45. The summed E-state index contributed by atoms with van der Waals surface area (Å²) in [5, 5.41) is 13.6. The van der Waals surface area contributed by atoms with Crippen LogP contribution in [-0.4, -0.2) is 30.9 Å². The van der Waals surface area contributed by atoms with Crippen LogP contribution in [0.1, 0.15) is 48.7 Å². The molecule has 0 saturated carbocycles. The van der Waals surface area contributed by atoms with E-state index in [4.69, 9.17) is 0 Å². The number of hydrogen-bond donors (Lipinski definition) is 2. The minimum Gasteiger partial charge on any atom is -0.288 e. The number of rotatable bonds is 4. The van der Waals surface area contributed by atoms with Gasteiger partial charge in [-0.05, 0) is 25.8 Å². The summed E-state index contributed by atoms with van der Waals surface area (Å²) in [6, 6.07) is 1.81. The molecule has 0 aromatic carbocycles. The Morgan fingerprint density at radius 1 is 1.53 bits per heavy atom. The van der Waals surface area contributed by atoms with Gasteiger partial charge in [-0.3, -0.25) is 19.9 Å². The van der Waals surface area contributed by atoms with Crippen LogP contribution < -0.4 is 5.32 Å². The Morgan fingerprint density at radius 2 is 2.26 bits per heavy atom. The van der Waals surface area contributed by atoms with Crippen molar-refractivity contribution in [3.63, 3.8) is 0 Å². The average Bonchev–Trinajstić information content (AvgIpc) is 2.95. The van der Waals surface area contributed by atoms with E-state index in [2.05, 4.69) is 25.6 Å². The maximum absolute atomic E-state index is 12.2. The second-order valence-corrected chi connectivity index (χ2v) is 4.62. The summed E-state index contributed by atoms with van der Waals surface area (Å²) >= 11 is 0. The molecule has 0 saturated heterocycles. The Kier molecular flexibility index (Phi) is 3.64. The van der Waals surface area contributed by atoms with Gasteiger partial charge in [0.05, 0.1) is 5.69 Å². The second-order valence-electron chi connectivity index (χ2n) is 4.62. The molecule has 0 aliphatic heterocycles. The Labute approximate surface area is 111 Å². The van der Waals surface area contributed by atoms with Crippen LogP contribution in [0.15, 0.2) is 6.07 Å². The third-order valence-corrected chi connectivity index (χ3v) is 2.75. The van der Waals surface area contributed by atoms with Crippen molar-refractivity contribution >= 4 is 11.9 Å². The summed E-state index contributed by atoms with van der Waals surface area (Å²) in [5.41, 5.74) is 1.42. The van der Waals surface area contributed by atoms with Crippen molar-refractivity contribution < 1.29 is 4.79 Å². The smallest absolute Gasteiger partial charge is 0.276 e. The maximum Gasteiger partial charge on any atom is 0.276 e. The predicted molar refractivity (Wildman–Crippen MR) is 71.1 cm³/mol. The lowest BCUT2D eigenvalue weighted by atomic mass is 10.1. The standard InChI is InChI=1S/C12H18N6O/c1-5-18-10(6-9(17-18)7(2)3)11(19)14-12-13-8(4)15-16-12/h6-7H,5H2,1-4H3,(H2,13,14,15,16,19). The Bertz CT molecular complexity index is 583. The SMILES string of the molecule is CCn1nc(C(C)C)cc1C(=O)Nc1n[nH]c(C)n1. The molecule has 0 unspecified atom stereocenters. The van der Waals surface area contributed by atoms with E-state index in [1.807, 2.05) is 26.8 Å². The number of aromatic amines is 1. The number of H-pyrrole nitrogens is 1. The Balaban J connectivity index is 2.22. The summed E-state index contributed by atoms with van der Waals surface area (Å²) in [6.07, 6.45) is 0. The molecule has 7 nitrogen and oxygen atoms in total. The first kappa shape index (κ1) is 13.3. The minimum absolute atomic E-state index is 0.250. The van der Waals surface area contributed by atoms with Crippen molar-refractivity contribution in [2.75, 3.05) is 5.32 Å². The van der Waals surface area contributed by atoms with Gasteiger partial charge in [0.1, 0.15) is 11.5 Å². The number of carbonyl (C=O) groups excluding carboxylic acids is 1. The summed E-state index contributed by atoms with van der Waals surface area (Å²) < 4.78 is 1.68. The highest BCUT2D eigenvalue weighted by atomic mass is 16.2. The lowest BCUT2D eigenvalue weighted by molar-refractivity contribution is 0.101. The highest BCUT2D eigenvalue weighted by Gasteiger charge is 2.17. The Morgan fingerprint density at radius 3 is 2.79 bits per heavy atom. The lowest BCUT2D eigenvalue weighted by Crippen LogP contribution is -2.18. The average molecular weight is 262 g/mol. The van der Waals surface area contributed by atoms with E-state index in [0.29, 0.717) is 18.1 Å². The van der Waals surface area contributed by atoms with Gasteiger partial charge in [-0.15, -0.1) is 5.10 Å². The molecule has 0 bridgehead atoms. The van der Waals surface area contributed by atoms with Crippen LogP contribution in [0.3, 0.4) is 0 Å². The third-order valence-electron chi connectivity index (χ3n) is 2.75. The van der Waals surface area contributed by atoms with Gasteiger partial charge in [0, 0.05) is 6.54 Å². The molecule has 102 valence electrons. The second kappa shape index (κ2) is 5.21. The van der Waals surface area contributed by atoms with Crippen LogP contribution in [0.25, 0.3) is 0 Å². The molecule has 7 heteroatoms. The van der Waals surface area contributed by atoms with Crippen LogP contribution in [0.5, 0.6) is 0 Å². The van der Waals surface area contributed by atoms with Crippen molar-refractivity contribution in [2.45, 2.75) is 40.2 Å². The van der Waals surface area contributed by atoms with Crippen LogP contribution in [-0.2, 0) is 6.54 Å². The van der Waals surface area contributed by atoms with Gasteiger partial charge in [-0.2, -0.15) is 10.1 Å². The van der Waals surface area contributed by atoms with Crippen molar-refractivity contribution in [1.82, 2.24) is 25.0 Å². The molecular formula is C12H18N6O. The third kappa shape index (κ3) is 2.81. The first-order valence-corrected chi connectivity index (χ1v) is 6.29. The molecule has 0 radical (unpaired) electrons. The molecule has 2 aromatic rings. The molecule has 0 aliphatic carbocycles. The molecule has 2 rings (SSSR count).